The van der Waals surface area contributed by atoms with Crippen molar-refractivity contribution in [2.24, 2.45) is 4.99 Å². The normalized spacial score (nSPS) is 10.5. The van der Waals surface area contributed by atoms with E-state index in [2.05, 4.69) is 22.5 Å². The lowest BCUT2D eigenvalue weighted by Crippen LogP contribution is -2.42. The lowest BCUT2D eigenvalue weighted by atomic mass is 10.3. The van der Waals surface area contributed by atoms with E-state index in [1.54, 1.807) is 7.05 Å². The van der Waals surface area contributed by atoms with Crippen molar-refractivity contribution in [2.75, 3.05) is 32.5 Å². The average Bonchev–Trinajstić information content (AvgIpc) is 2.46. The van der Waals surface area contributed by atoms with Crippen LogP contribution in [0.1, 0.15) is 19.8 Å². The van der Waals surface area contributed by atoms with Gasteiger partial charge in [-0.15, -0.1) is 24.0 Å². The Bertz CT molecular complexity index is 437. The van der Waals surface area contributed by atoms with Crippen LogP contribution in [0.4, 0.5) is 5.69 Å². The number of hydrogen-bond acceptors (Lipinski definition) is 2. The van der Waals surface area contributed by atoms with Gasteiger partial charge in [-0.05, 0) is 18.6 Å². The van der Waals surface area contributed by atoms with Gasteiger partial charge in [0.2, 0.25) is 5.91 Å². The molecule has 0 saturated heterocycles. The Kier molecular flexibility index (Phi) is 10.7. The van der Waals surface area contributed by atoms with Gasteiger partial charge in [0.25, 0.3) is 0 Å². The molecule has 5 nitrogen and oxygen atoms in total. The minimum Gasteiger partial charge on any atom is -0.347 e. The average molecular weight is 404 g/mol. The summed E-state index contributed by atoms with van der Waals surface area (Å²) in [6, 6.07) is 9.42. The summed E-state index contributed by atoms with van der Waals surface area (Å²) in [5, 5.41) is 5.89. The number of guanidine groups is 1. The molecule has 1 aromatic rings. The second-order valence-corrected chi connectivity index (χ2v) is 4.59. The number of aliphatic imine (C=N–C) groups is 1. The fourth-order valence-corrected chi connectivity index (χ4v) is 1.77. The van der Waals surface area contributed by atoms with Crippen LogP contribution in [0.15, 0.2) is 35.3 Å². The maximum atomic E-state index is 11.8. The van der Waals surface area contributed by atoms with Gasteiger partial charge in [-0.3, -0.25) is 9.79 Å². The molecule has 1 aromatic carbocycles. The second-order valence-electron chi connectivity index (χ2n) is 4.59. The number of hydrogen-bond donors (Lipinski definition) is 2. The van der Waals surface area contributed by atoms with Crippen LogP contribution in [0, 0.1) is 0 Å². The van der Waals surface area contributed by atoms with Gasteiger partial charge in [0.1, 0.15) is 0 Å². The summed E-state index contributed by atoms with van der Waals surface area (Å²) in [6.45, 7) is 3.28. The van der Waals surface area contributed by atoms with Crippen molar-refractivity contribution in [2.45, 2.75) is 19.8 Å². The molecule has 0 aliphatic heterocycles. The summed E-state index contributed by atoms with van der Waals surface area (Å²) >= 11 is 0. The fraction of sp³-hybridized carbons (Fsp3) is 0.467. The van der Waals surface area contributed by atoms with Gasteiger partial charge in [-0.1, -0.05) is 31.5 Å². The van der Waals surface area contributed by atoms with E-state index in [4.69, 9.17) is 0 Å². The number of para-hydroxylation sites is 1. The van der Waals surface area contributed by atoms with Crippen molar-refractivity contribution in [1.29, 1.82) is 0 Å². The molecule has 0 aliphatic rings. The van der Waals surface area contributed by atoms with Crippen molar-refractivity contribution >= 4 is 41.5 Å². The van der Waals surface area contributed by atoms with Crippen LogP contribution in [0.2, 0.25) is 0 Å². The molecule has 118 valence electrons. The molecule has 0 unspecified atom stereocenters. The Morgan fingerprint density at radius 3 is 2.52 bits per heavy atom. The van der Waals surface area contributed by atoms with Crippen molar-refractivity contribution in [3.8, 4) is 0 Å². The number of unbranched alkanes of at least 4 members (excludes halogenated alkanes) is 1. The second kappa shape index (κ2) is 11.4. The van der Waals surface area contributed by atoms with E-state index >= 15 is 0 Å². The number of nitrogens with one attached hydrogen (secondary N) is 2. The number of amides is 1. The first kappa shape index (κ1) is 19.7. The molecule has 21 heavy (non-hydrogen) atoms. The molecule has 1 rings (SSSR count). The minimum atomic E-state index is -0.0822. The Balaban J connectivity index is 0.00000400. The van der Waals surface area contributed by atoms with Gasteiger partial charge in [0, 0.05) is 26.3 Å². The van der Waals surface area contributed by atoms with Crippen LogP contribution in [0.5, 0.6) is 0 Å². The first-order chi connectivity index (χ1) is 9.67. The van der Waals surface area contributed by atoms with E-state index < -0.39 is 0 Å². The summed E-state index contributed by atoms with van der Waals surface area (Å²) in [6.07, 6.45) is 2.24. The van der Waals surface area contributed by atoms with Gasteiger partial charge in [-0.25, -0.2) is 0 Å². The van der Waals surface area contributed by atoms with Gasteiger partial charge in [0.15, 0.2) is 5.96 Å². The van der Waals surface area contributed by atoms with Gasteiger partial charge in [-0.2, -0.15) is 0 Å². The van der Waals surface area contributed by atoms with E-state index in [1.165, 1.54) is 0 Å². The molecule has 6 heteroatoms. The smallest absolute Gasteiger partial charge is 0.243 e. The van der Waals surface area contributed by atoms with Gasteiger partial charge >= 0.3 is 0 Å². The van der Waals surface area contributed by atoms with E-state index in [1.807, 2.05) is 42.3 Å². The third-order valence-electron chi connectivity index (χ3n) is 2.89. The molecule has 0 spiro atoms. The number of halogens is 1. The van der Waals surface area contributed by atoms with E-state index in [0.29, 0.717) is 0 Å². The zero-order valence-electron chi connectivity index (χ0n) is 12.9. The molecule has 0 atom stereocenters. The summed E-state index contributed by atoms with van der Waals surface area (Å²) < 4.78 is 0. The predicted octanol–water partition coefficient (Wildman–Crippen LogP) is 2.55. The molecule has 0 aliphatic carbocycles. The number of anilines is 1. The summed E-state index contributed by atoms with van der Waals surface area (Å²) in [7, 11) is 3.69. The van der Waals surface area contributed by atoms with Crippen LogP contribution in [-0.4, -0.2) is 44.0 Å². The monoisotopic (exact) mass is 404 g/mol. The molecular weight excluding hydrogens is 379 g/mol. The molecule has 0 aromatic heterocycles. The van der Waals surface area contributed by atoms with Crippen LogP contribution < -0.4 is 10.6 Å². The first-order valence-corrected chi connectivity index (χ1v) is 6.94. The fourth-order valence-electron chi connectivity index (χ4n) is 1.77. The highest BCUT2D eigenvalue weighted by atomic mass is 127. The van der Waals surface area contributed by atoms with E-state index in [-0.39, 0.29) is 36.4 Å². The van der Waals surface area contributed by atoms with Crippen LogP contribution in [0.3, 0.4) is 0 Å². The number of carbonyl (C=O) groups is 1. The topological polar surface area (TPSA) is 56.7 Å². The van der Waals surface area contributed by atoms with Crippen LogP contribution in [-0.2, 0) is 4.79 Å². The standard InChI is InChI=1S/C15H24N4O.HI/c1-4-5-11-19(3)15(16-2)17-12-14(20)18-13-9-7-6-8-10-13;/h6-10H,4-5,11-12H2,1-3H3,(H,16,17)(H,18,20);1H. The van der Waals surface area contributed by atoms with Crippen LogP contribution in [0.25, 0.3) is 0 Å². The Labute approximate surface area is 144 Å². The van der Waals surface area contributed by atoms with Crippen molar-refractivity contribution in [1.82, 2.24) is 10.2 Å². The summed E-state index contributed by atoms with van der Waals surface area (Å²) in [5.41, 5.74) is 0.800. The maximum Gasteiger partial charge on any atom is 0.243 e. The molecule has 0 fully saturated rings. The zero-order chi connectivity index (χ0) is 14.8. The zero-order valence-corrected chi connectivity index (χ0v) is 15.3. The lowest BCUT2D eigenvalue weighted by molar-refractivity contribution is -0.115. The number of carbonyl (C=O) groups excluding carboxylic acids is 1. The van der Waals surface area contributed by atoms with Crippen molar-refractivity contribution in [3.05, 3.63) is 30.3 Å². The largest absolute Gasteiger partial charge is 0.347 e. The molecule has 0 bridgehead atoms. The SMILES string of the molecule is CCCCN(C)C(=NC)NCC(=O)Nc1ccccc1.I. The van der Waals surface area contributed by atoms with Crippen molar-refractivity contribution < 1.29 is 4.79 Å². The van der Waals surface area contributed by atoms with E-state index in [9.17, 15) is 4.79 Å². The third kappa shape index (κ3) is 7.89. The summed E-state index contributed by atoms with van der Waals surface area (Å²) in [5.74, 6) is 0.655. The molecule has 2 N–H and O–H groups in total. The quantitative estimate of drug-likeness (QED) is 0.435. The summed E-state index contributed by atoms with van der Waals surface area (Å²) in [4.78, 5) is 18.0. The van der Waals surface area contributed by atoms with Crippen LogP contribution >= 0.6 is 24.0 Å². The predicted molar refractivity (Wildman–Crippen MR) is 99.4 cm³/mol. The maximum absolute atomic E-state index is 11.8. The number of benzene rings is 1. The molecule has 0 saturated carbocycles. The highest BCUT2D eigenvalue weighted by molar-refractivity contribution is 14.0. The molecular formula is C15H25IN4O. The first-order valence-electron chi connectivity index (χ1n) is 6.94. The van der Waals surface area contributed by atoms with Gasteiger partial charge < -0.3 is 15.5 Å². The van der Waals surface area contributed by atoms with Gasteiger partial charge in [0.05, 0.1) is 6.54 Å². The lowest BCUT2D eigenvalue weighted by Gasteiger charge is -2.21. The Hall–Kier alpha value is -1.31. The highest BCUT2D eigenvalue weighted by Gasteiger charge is 2.07. The number of rotatable bonds is 6. The number of nitrogens with zero attached hydrogens (tertiary/aromatic N) is 2. The van der Waals surface area contributed by atoms with E-state index in [0.717, 1.165) is 31.0 Å². The third-order valence-corrected chi connectivity index (χ3v) is 2.89. The molecule has 0 heterocycles. The molecule has 1 amide bonds. The molecule has 0 radical (unpaired) electrons. The van der Waals surface area contributed by atoms with Crippen molar-refractivity contribution in [3.63, 3.8) is 0 Å². The highest BCUT2D eigenvalue weighted by Crippen LogP contribution is 2.04. The Morgan fingerprint density at radius 1 is 1.29 bits per heavy atom. The Morgan fingerprint density at radius 2 is 1.95 bits per heavy atom. The minimum absolute atomic E-state index is 0.